The number of hydrogen-bond acceptors (Lipinski definition) is 3. The topological polar surface area (TPSA) is 70.2 Å². The molecular formula is C11H19N3O2. The van der Waals surface area contributed by atoms with Gasteiger partial charge in [-0.25, -0.2) is 4.79 Å². The van der Waals surface area contributed by atoms with Crippen LogP contribution in [0.25, 0.3) is 0 Å². The molecule has 0 rings (SSSR count). The van der Waals surface area contributed by atoms with Crippen LogP contribution in [0, 0.1) is 12.3 Å². The normalized spacial score (nSPS) is 11.3. The van der Waals surface area contributed by atoms with Gasteiger partial charge in [-0.05, 0) is 26.8 Å². The Morgan fingerprint density at radius 3 is 2.69 bits per heavy atom. The number of carbonyl (C=O) groups excluding carboxylic acids is 2. The average Bonchev–Trinajstić information content (AvgIpc) is 2.24. The summed E-state index contributed by atoms with van der Waals surface area (Å²) in [5, 5.41) is 7.69. The Hall–Kier alpha value is -1.54. The van der Waals surface area contributed by atoms with Crippen molar-refractivity contribution in [2.24, 2.45) is 0 Å². The molecule has 1 unspecified atom stereocenters. The van der Waals surface area contributed by atoms with Crippen molar-refractivity contribution in [2.75, 3.05) is 13.1 Å². The molecule has 0 fully saturated rings. The second-order valence-corrected chi connectivity index (χ2v) is 3.33. The van der Waals surface area contributed by atoms with Crippen LogP contribution in [0.1, 0.15) is 26.7 Å². The molecule has 0 heterocycles. The predicted octanol–water partition coefficient (Wildman–Crippen LogP) is 0.224. The average molecular weight is 225 g/mol. The van der Waals surface area contributed by atoms with Crippen molar-refractivity contribution < 1.29 is 9.59 Å². The highest BCUT2D eigenvalue weighted by molar-refractivity contribution is 5.96. The van der Waals surface area contributed by atoms with Crippen LogP contribution in [-0.2, 0) is 4.79 Å². The van der Waals surface area contributed by atoms with Gasteiger partial charge in [-0.2, -0.15) is 0 Å². The van der Waals surface area contributed by atoms with Crippen LogP contribution in [-0.4, -0.2) is 31.1 Å². The van der Waals surface area contributed by atoms with Gasteiger partial charge in [-0.1, -0.05) is 0 Å². The third-order valence-corrected chi connectivity index (χ3v) is 1.92. The molecule has 0 saturated heterocycles. The minimum atomic E-state index is -0.468. The molecule has 0 aliphatic carbocycles. The summed E-state index contributed by atoms with van der Waals surface area (Å²) in [6, 6.07) is -0.870. The minimum absolute atomic E-state index is 0.341. The molecule has 16 heavy (non-hydrogen) atoms. The van der Waals surface area contributed by atoms with Crippen LogP contribution in [0.3, 0.4) is 0 Å². The minimum Gasteiger partial charge on any atom is -0.338 e. The van der Waals surface area contributed by atoms with Gasteiger partial charge >= 0.3 is 6.03 Å². The van der Waals surface area contributed by atoms with Crippen LogP contribution in [0.4, 0.5) is 4.79 Å². The van der Waals surface area contributed by atoms with Crippen molar-refractivity contribution in [2.45, 2.75) is 32.7 Å². The Morgan fingerprint density at radius 2 is 2.12 bits per heavy atom. The van der Waals surface area contributed by atoms with E-state index in [1.807, 2.05) is 0 Å². The van der Waals surface area contributed by atoms with E-state index in [0.717, 1.165) is 6.42 Å². The first-order valence-electron chi connectivity index (χ1n) is 5.37. The van der Waals surface area contributed by atoms with E-state index in [9.17, 15) is 9.59 Å². The fourth-order valence-electron chi connectivity index (χ4n) is 1.03. The molecule has 5 heteroatoms. The molecule has 0 aromatic rings. The number of hydrogen-bond donors (Lipinski definition) is 3. The lowest BCUT2D eigenvalue weighted by atomic mass is 10.2. The summed E-state index contributed by atoms with van der Waals surface area (Å²) >= 11 is 0. The molecule has 0 aliphatic heterocycles. The van der Waals surface area contributed by atoms with Crippen LogP contribution in [0.5, 0.6) is 0 Å². The predicted molar refractivity (Wildman–Crippen MR) is 62.7 cm³/mol. The molecule has 3 N–H and O–H groups in total. The highest BCUT2D eigenvalue weighted by Gasteiger charge is 2.13. The third-order valence-electron chi connectivity index (χ3n) is 1.92. The van der Waals surface area contributed by atoms with Gasteiger partial charge in [-0.15, -0.1) is 12.3 Å². The summed E-state index contributed by atoms with van der Waals surface area (Å²) in [6.45, 7) is 4.63. The second kappa shape index (κ2) is 8.74. The summed E-state index contributed by atoms with van der Waals surface area (Å²) in [5.74, 6) is 2.17. The fraction of sp³-hybridized carbons (Fsp3) is 0.636. The van der Waals surface area contributed by atoms with E-state index in [1.54, 1.807) is 13.8 Å². The quantitative estimate of drug-likeness (QED) is 0.447. The summed E-state index contributed by atoms with van der Waals surface area (Å²) in [5.41, 5.74) is 0. The van der Waals surface area contributed by atoms with E-state index in [2.05, 4.69) is 21.9 Å². The van der Waals surface area contributed by atoms with Gasteiger partial charge in [0.05, 0.1) is 6.04 Å². The molecule has 0 aliphatic rings. The molecule has 1 atom stereocenters. The lowest BCUT2D eigenvalue weighted by Gasteiger charge is -2.12. The molecule has 0 bridgehead atoms. The van der Waals surface area contributed by atoms with Gasteiger partial charge in [0.2, 0.25) is 5.91 Å². The first kappa shape index (κ1) is 14.5. The zero-order chi connectivity index (χ0) is 12.4. The second-order valence-electron chi connectivity index (χ2n) is 3.33. The summed E-state index contributed by atoms with van der Waals surface area (Å²) in [4.78, 5) is 22.5. The smallest absolute Gasteiger partial charge is 0.321 e. The molecule has 5 nitrogen and oxygen atoms in total. The number of nitrogens with one attached hydrogen (secondary N) is 3. The van der Waals surface area contributed by atoms with E-state index in [1.165, 1.54) is 0 Å². The number of urea groups is 1. The lowest BCUT2D eigenvalue weighted by molar-refractivity contribution is -0.121. The van der Waals surface area contributed by atoms with Crippen molar-refractivity contribution in [3.05, 3.63) is 0 Å². The summed E-state index contributed by atoms with van der Waals surface area (Å²) < 4.78 is 0. The van der Waals surface area contributed by atoms with Crippen molar-refractivity contribution in [3.63, 3.8) is 0 Å². The Bertz CT molecular complexity index is 271. The maximum atomic E-state index is 11.4. The molecule has 0 radical (unpaired) electrons. The molecule has 90 valence electrons. The molecule has 0 saturated carbocycles. The zero-order valence-electron chi connectivity index (χ0n) is 9.80. The van der Waals surface area contributed by atoms with E-state index in [4.69, 9.17) is 6.42 Å². The standard InChI is InChI=1S/C11H19N3O2/c1-4-6-7-8-13-9(3)10(15)14-11(16)12-5-2/h1,9,13H,5-8H2,2-3H3,(H2,12,14,15,16). The third kappa shape index (κ3) is 6.85. The number of imide groups is 1. The largest absolute Gasteiger partial charge is 0.338 e. The molecule has 0 spiro atoms. The van der Waals surface area contributed by atoms with E-state index >= 15 is 0 Å². The van der Waals surface area contributed by atoms with E-state index in [-0.39, 0.29) is 5.91 Å². The summed E-state index contributed by atoms with van der Waals surface area (Å²) in [6.07, 6.45) is 6.59. The molecular weight excluding hydrogens is 206 g/mol. The fourth-order valence-corrected chi connectivity index (χ4v) is 1.03. The lowest BCUT2D eigenvalue weighted by Crippen LogP contribution is -2.48. The molecule has 3 amide bonds. The maximum absolute atomic E-state index is 11.4. The monoisotopic (exact) mass is 225 g/mol. The van der Waals surface area contributed by atoms with Gasteiger partial charge in [-0.3, -0.25) is 10.1 Å². The van der Waals surface area contributed by atoms with Gasteiger partial charge in [0.15, 0.2) is 0 Å². The number of carbonyl (C=O) groups is 2. The van der Waals surface area contributed by atoms with Gasteiger partial charge in [0.25, 0.3) is 0 Å². The van der Waals surface area contributed by atoms with E-state index in [0.29, 0.717) is 19.5 Å². The van der Waals surface area contributed by atoms with E-state index < -0.39 is 12.1 Å². The SMILES string of the molecule is C#CCCCNC(C)C(=O)NC(=O)NCC. The molecule has 0 aromatic heterocycles. The number of amides is 3. The Kier molecular flexibility index (Phi) is 7.90. The van der Waals surface area contributed by atoms with Crippen molar-refractivity contribution in [1.29, 1.82) is 0 Å². The van der Waals surface area contributed by atoms with Crippen molar-refractivity contribution in [3.8, 4) is 12.3 Å². The van der Waals surface area contributed by atoms with Crippen molar-refractivity contribution in [1.82, 2.24) is 16.0 Å². The zero-order valence-corrected chi connectivity index (χ0v) is 9.80. The van der Waals surface area contributed by atoms with Gasteiger partial charge in [0.1, 0.15) is 0 Å². The highest BCUT2D eigenvalue weighted by atomic mass is 16.2. The van der Waals surface area contributed by atoms with Crippen LogP contribution in [0.15, 0.2) is 0 Å². The number of rotatable bonds is 6. The Labute approximate surface area is 96.4 Å². The van der Waals surface area contributed by atoms with Crippen LogP contribution in [0.2, 0.25) is 0 Å². The Morgan fingerprint density at radius 1 is 1.44 bits per heavy atom. The van der Waals surface area contributed by atoms with Gasteiger partial charge < -0.3 is 10.6 Å². The Balaban J connectivity index is 3.73. The van der Waals surface area contributed by atoms with Gasteiger partial charge in [0, 0.05) is 13.0 Å². The first-order valence-corrected chi connectivity index (χ1v) is 5.37. The highest BCUT2D eigenvalue weighted by Crippen LogP contribution is 1.87. The van der Waals surface area contributed by atoms with Crippen LogP contribution >= 0.6 is 0 Å². The molecule has 0 aromatic carbocycles. The van der Waals surface area contributed by atoms with Crippen LogP contribution < -0.4 is 16.0 Å². The maximum Gasteiger partial charge on any atom is 0.321 e. The number of unbranched alkanes of at least 4 members (excludes halogenated alkanes) is 1. The number of terminal acetylenes is 1. The summed E-state index contributed by atoms with van der Waals surface area (Å²) in [7, 11) is 0. The van der Waals surface area contributed by atoms with Crippen molar-refractivity contribution >= 4 is 11.9 Å². The first-order chi connectivity index (χ1) is 7.61.